The topological polar surface area (TPSA) is 39.9 Å². The second-order valence-corrected chi connectivity index (χ2v) is 12.5. The Bertz CT molecular complexity index is 1560. The molecular weight excluding hydrogens is 546 g/mol. The fourth-order valence-electron chi connectivity index (χ4n) is 6.53. The first-order valence-electron chi connectivity index (χ1n) is 16.1. The largest absolute Gasteiger partial charge is 0.303 e. The molecule has 1 aromatic heterocycles. The highest BCUT2D eigenvalue weighted by atomic mass is 35.5. The molecular formula is C39H44ClN3. The third-order valence-corrected chi connectivity index (χ3v) is 9.44. The van der Waals surface area contributed by atoms with Crippen molar-refractivity contribution in [1.29, 1.82) is 5.26 Å². The first-order valence-corrected chi connectivity index (χ1v) is 16.5. The molecule has 43 heavy (non-hydrogen) atoms. The van der Waals surface area contributed by atoms with Crippen molar-refractivity contribution in [2.75, 3.05) is 19.6 Å². The smallest absolute Gasteiger partial charge is 0.101 e. The van der Waals surface area contributed by atoms with E-state index in [-0.39, 0.29) is 0 Å². The molecule has 3 aromatic carbocycles. The molecule has 222 valence electrons. The van der Waals surface area contributed by atoms with Crippen molar-refractivity contribution < 1.29 is 0 Å². The van der Waals surface area contributed by atoms with Crippen LogP contribution in [0.1, 0.15) is 77.1 Å². The molecule has 0 atom stereocenters. The lowest BCUT2D eigenvalue weighted by molar-refractivity contribution is 0.330. The quantitative estimate of drug-likeness (QED) is 0.146. The average molecular weight is 590 g/mol. The van der Waals surface area contributed by atoms with Crippen molar-refractivity contribution in [1.82, 2.24) is 9.88 Å². The van der Waals surface area contributed by atoms with E-state index in [1.807, 2.05) is 12.3 Å². The van der Waals surface area contributed by atoms with Crippen LogP contribution in [-0.4, -0.2) is 29.5 Å². The number of likely N-dealkylation sites (tertiary alicyclic amines) is 1. The number of rotatable bonds is 13. The summed E-state index contributed by atoms with van der Waals surface area (Å²) in [7, 11) is 0. The van der Waals surface area contributed by atoms with Crippen LogP contribution in [0.5, 0.6) is 0 Å². The maximum atomic E-state index is 9.23. The number of benzene rings is 3. The van der Waals surface area contributed by atoms with Gasteiger partial charge in [-0.1, -0.05) is 67.1 Å². The zero-order valence-corrected chi connectivity index (χ0v) is 26.6. The van der Waals surface area contributed by atoms with Gasteiger partial charge >= 0.3 is 0 Å². The van der Waals surface area contributed by atoms with Gasteiger partial charge in [-0.15, -0.1) is 0 Å². The fraction of sp³-hybridized carbons (Fsp3) is 0.385. The summed E-state index contributed by atoms with van der Waals surface area (Å²) >= 11 is 6.83. The Morgan fingerprint density at radius 1 is 0.791 bits per heavy atom. The molecule has 0 aliphatic carbocycles. The maximum absolute atomic E-state index is 9.23. The molecule has 2 heterocycles. The van der Waals surface area contributed by atoms with E-state index >= 15 is 0 Å². The Balaban J connectivity index is 1.24. The molecule has 1 fully saturated rings. The predicted octanol–water partition coefficient (Wildman–Crippen LogP) is 9.13. The van der Waals surface area contributed by atoms with Gasteiger partial charge in [0.1, 0.15) is 6.07 Å². The number of hydrogen-bond donors (Lipinski definition) is 0. The molecule has 4 heteroatoms. The van der Waals surface area contributed by atoms with Crippen molar-refractivity contribution in [2.24, 2.45) is 0 Å². The summed E-state index contributed by atoms with van der Waals surface area (Å²) in [6.07, 6.45) is 14.5. The van der Waals surface area contributed by atoms with E-state index in [0.29, 0.717) is 5.56 Å². The van der Waals surface area contributed by atoms with E-state index in [1.165, 1.54) is 89.8 Å². The number of aryl methyl sites for hydroxylation is 6. The van der Waals surface area contributed by atoms with Crippen LogP contribution in [0.25, 0.3) is 11.1 Å². The van der Waals surface area contributed by atoms with Crippen molar-refractivity contribution in [3.05, 3.63) is 123 Å². The molecule has 0 amide bonds. The van der Waals surface area contributed by atoms with Crippen molar-refractivity contribution in [3.63, 3.8) is 0 Å². The standard InChI is InChI=1S/C39H44ClN3/c1-3-33-25-39(40)37(24-35(33)16-15-31-22-32(26-41)28-42-27-31)18-17-34-12-9-14-38(29(34)2)36-13-8-11-30(23-36)10-4-5-19-43-20-6-7-21-43/h8-9,11-14,22-25,27-28H,3-7,10,15-21H2,1-2H3. The highest BCUT2D eigenvalue weighted by Gasteiger charge is 2.13. The lowest BCUT2D eigenvalue weighted by atomic mass is 9.91. The second-order valence-electron chi connectivity index (χ2n) is 12.1. The van der Waals surface area contributed by atoms with Crippen LogP contribution >= 0.6 is 11.6 Å². The minimum atomic E-state index is 0.613. The molecule has 0 bridgehead atoms. The van der Waals surface area contributed by atoms with Gasteiger partial charge in [-0.25, -0.2) is 0 Å². The van der Waals surface area contributed by atoms with Crippen molar-refractivity contribution in [3.8, 4) is 17.2 Å². The third-order valence-electron chi connectivity index (χ3n) is 9.09. The van der Waals surface area contributed by atoms with E-state index in [4.69, 9.17) is 11.6 Å². The first-order chi connectivity index (χ1) is 21.0. The maximum Gasteiger partial charge on any atom is 0.101 e. The van der Waals surface area contributed by atoms with Crippen LogP contribution in [0.4, 0.5) is 0 Å². The van der Waals surface area contributed by atoms with Crippen LogP contribution in [0.3, 0.4) is 0 Å². The van der Waals surface area contributed by atoms with Crippen LogP contribution < -0.4 is 0 Å². The SMILES string of the molecule is CCc1cc(Cl)c(CCc2cccc(-c3cccc(CCCCN4CCCC4)c3)c2C)cc1CCc1cncc(C#N)c1. The number of halogens is 1. The zero-order chi connectivity index (χ0) is 30.0. The van der Waals surface area contributed by atoms with Gasteiger partial charge in [0.15, 0.2) is 0 Å². The van der Waals surface area contributed by atoms with E-state index in [1.54, 1.807) is 6.20 Å². The Hall–Kier alpha value is -3.45. The summed E-state index contributed by atoms with van der Waals surface area (Å²) in [5.41, 5.74) is 12.4. The van der Waals surface area contributed by atoms with Crippen molar-refractivity contribution >= 4 is 11.6 Å². The van der Waals surface area contributed by atoms with Gasteiger partial charge in [-0.2, -0.15) is 5.26 Å². The Morgan fingerprint density at radius 3 is 2.40 bits per heavy atom. The molecule has 1 saturated heterocycles. The number of pyridine rings is 1. The van der Waals surface area contributed by atoms with Crippen LogP contribution in [-0.2, 0) is 38.5 Å². The van der Waals surface area contributed by atoms with Gasteiger partial charge in [-0.3, -0.25) is 4.98 Å². The highest BCUT2D eigenvalue weighted by Crippen LogP contribution is 2.30. The van der Waals surface area contributed by atoms with Crippen LogP contribution in [0.2, 0.25) is 5.02 Å². The summed E-state index contributed by atoms with van der Waals surface area (Å²) < 4.78 is 0. The van der Waals surface area contributed by atoms with Gasteiger partial charge < -0.3 is 4.90 Å². The molecule has 5 rings (SSSR count). The van der Waals surface area contributed by atoms with Crippen LogP contribution in [0.15, 0.2) is 73.1 Å². The summed E-state index contributed by atoms with van der Waals surface area (Å²) in [4.78, 5) is 6.85. The Morgan fingerprint density at radius 2 is 1.58 bits per heavy atom. The molecule has 0 spiro atoms. The van der Waals surface area contributed by atoms with Crippen LogP contribution in [0, 0.1) is 18.3 Å². The third kappa shape index (κ3) is 8.35. The summed E-state index contributed by atoms with van der Waals surface area (Å²) in [6, 6.07) is 24.5. The monoisotopic (exact) mass is 589 g/mol. The van der Waals surface area contributed by atoms with Gasteiger partial charge in [0.2, 0.25) is 0 Å². The lowest BCUT2D eigenvalue weighted by Crippen LogP contribution is -2.20. The average Bonchev–Trinajstić information content (AvgIpc) is 3.56. The predicted molar refractivity (Wildman–Crippen MR) is 180 cm³/mol. The number of hydrogen-bond acceptors (Lipinski definition) is 3. The first kappa shape index (κ1) is 31.0. The fourth-order valence-corrected chi connectivity index (χ4v) is 6.81. The summed E-state index contributed by atoms with van der Waals surface area (Å²) in [6.45, 7) is 8.29. The van der Waals surface area contributed by atoms with E-state index in [0.717, 1.165) is 49.1 Å². The Labute approximate surface area is 263 Å². The summed E-state index contributed by atoms with van der Waals surface area (Å²) in [5.74, 6) is 0. The highest BCUT2D eigenvalue weighted by molar-refractivity contribution is 6.31. The summed E-state index contributed by atoms with van der Waals surface area (Å²) in [5, 5.41) is 10.1. The number of unbranched alkanes of at least 4 members (excludes halogenated alkanes) is 1. The molecule has 0 unspecified atom stereocenters. The molecule has 3 nitrogen and oxygen atoms in total. The number of nitrogens with zero attached hydrogens (tertiary/aromatic N) is 3. The molecule has 0 saturated carbocycles. The minimum absolute atomic E-state index is 0.613. The molecule has 0 N–H and O–H groups in total. The zero-order valence-electron chi connectivity index (χ0n) is 25.8. The van der Waals surface area contributed by atoms with Gasteiger partial charge in [0.05, 0.1) is 5.56 Å². The second kappa shape index (κ2) is 15.3. The van der Waals surface area contributed by atoms with Gasteiger partial charge in [-0.05, 0) is 153 Å². The number of nitriles is 1. The van der Waals surface area contributed by atoms with E-state index in [9.17, 15) is 5.26 Å². The van der Waals surface area contributed by atoms with Gasteiger partial charge in [0.25, 0.3) is 0 Å². The normalized spacial score (nSPS) is 13.3. The molecule has 1 aliphatic rings. The lowest BCUT2D eigenvalue weighted by Gasteiger charge is -2.16. The minimum Gasteiger partial charge on any atom is -0.303 e. The molecule has 0 radical (unpaired) electrons. The number of aromatic nitrogens is 1. The van der Waals surface area contributed by atoms with E-state index in [2.05, 4.69) is 84.4 Å². The van der Waals surface area contributed by atoms with Crippen molar-refractivity contribution in [2.45, 2.75) is 78.1 Å². The molecule has 1 aliphatic heterocycles. The molecule has 4 aromatic rings. The van der Waals surface area contributed by atoms with E-state index < -0.39 is 0 Å². The van der Waals surface area contributed by atoms with Gasteiger partial charge in [0, 0.05) is 17.4 Å². The Kier molecular flexibility index (Phi) is 11.0.